The number of halogens is 1. The van der Waals surface area contributed by atoms with E-state index >= 15 is 0 Å². The molecule has 4 atom stereocenters. The number of hydrogen-bond acceptors (Lipinski definition) is 5. The summed E-state index contributed by atoms with van der Waals surface area (Å²) in [7, 11) is 0. The van der Waals surface area contributed by atoms with Gasteiger partial charge in [-0.2, -0.15) is 0 Å². The van der Waals surface area contributed by atoms with Crippen LogP contribution in [0, 0.1) is 23.7 Å². The molecule has 0 spiro atoms. The SMILES string of the molecule is O=C(COC(=O)c1ccc(N2C(=O)[C@@H]3[C@H]4CC[C@@H](C4)[C@@H]3C2=O)cc1)c1ccc(Br)cc1. The molecule has 7 heteroatoms. The Kier molecular flexibility index (Phi) is 5.01. The van der Waals surface area contributed by atoms with E-state index in [9.17, 15) is 19.2 Å². The first-order valence-corrected chi connectivity index (χ1v) is 11.2. The maximum atomic E-state index is 12.9. The van der Waals surface area contributed by atoms with E-state index in [1.165, 1.54) is 17.0 Å². The maximum absolute atomic E-state index is 12.9. The number of anilines is 1. The van der Waals surface area contributed by atoms with Gasteiger partial charge in [-0.15, -0.1) is 0 Å². The summed E-state index contributed by atoms with van der Waals surface area (Å²) in [6.07, 6.45) is 3.05. The first-order chi connectivity index (χ1) is 14.9. The van der Waals surface area contributed by atoms with Crippen LogP contribution in [-0.4, -0.2) is 30.2 Å². The molecule has 0 radical (unpaired) electrons. The van der Waals surface area contributed by atoms with Crippen molar-refractivity contribution in [2.45, 2.75) is 19.3 Å². The van der Waals surface area contributed by atoms with E-state index < -0.39 is 5.97 Å². The van der Waals surface area contributed by atoms with E-state index in [4.69, 9.17) is 4.74 Å². The molecule has 2 saturated carbocycles. The fraction of sp³-hybridized carbons (Fsp3) is 0.333. The van der Waals surface area contributed by atoms with Crippen LogP contribution in [0.15, 0.2) is 53.0 Å². The Labute approximate surface area is 187 Å². The first kappa shape index (κ1) is 20.1. The van der Waals surface area contributed by atoms with Gasteiger partial charge < -0.3 is 4.74 Å². The Bertz CT molecular complexity index is 1050. The smallest absolute Gasteiger partial charge is 0.338 e. The van der Waals surface area contributed by atoms with Crippen LogP contribution in [0.25, 0.3) is 0 Å². The average molecular weight is 482 g/mol. The molecule has 0 N–H and O–H groups in total. The molecule has 2 aromatic rings. The van der Waals surface area contributed by atoms with Gasteiger partial charge in [-0.1, -0.05) is 28.1 Å². The zero-order valence-electron chi connectivity index (χ0n) is 16.6. The molecule has 1 saturated heterocycles. The van der Waals surface area contributed by atoms with E-state index in [0.717, 1.165) is 23.7 Å². The molecule has 3 fully saturated rings. The minimum absolute atomic E-state index is 0.113. The van der Waals surface area contributed by atoms with Crippen molar-refractivity contribution in [3.63, 3.8) is 0 Å². The number of ether oxygens (including phenoxy) is 1. The largest absolute Gasteiger partial charge is 0.454 e. The number of carbonyl (C=O) groups is 4. The Hall–Kier alpha value is -2.80. The number of amides is 2. The van der Waals surface area contributed by atoms with Gasteiger partial charge in [0, 0.05) is 10.0 Å². The van der Waals surface area contributed by atoms with E-state index in [2.05, 4.69) is 15.9 Å². The molecule has 1 heterocycles. The van der Waals surface area contributed by atoms with E-state index in [0.29, 0.717) is 23.1 Å². The lowest BCUT2D eigenvalue weighted by Gasteiger charge is -2.19. The molecule has 2 bridgehead atoms. The number of fused-ring (bicyclic) bond motifs is 5. The molecule has 6 nitrogen and oxygen atoms in total. The monoisotopic (exact) mass is 481 g/mol. The van der Waals surface area contributed by atoms with Crippen molar-refractivity contribution in [1.82, 2.24) is 0 Å². The molecule has 3 aliphatic rings. The molecule has 158 valence electrons. The highest BCUT2D eigenvalue weighted by Gasteiger charge is 2.61. The van der Waals surface area contributed by atoms with Crippen molar-refractivity contribution in [2.75, 3.05) is 11.5 Å². The number of nitrogens with zero attached hydrogens (tertiary/aromatic N) is 1. The van der Waals surface area contributed by atoms with Gasteiger partial charge in [0.05, 0.1) is 23.1 Å². The van der Waals surface area contributed by atoms with Crippen LogP contribution in [-0.2, 0) is 14.3 Å². The fourth-order valence-electron chi connectivity index (χ4n) is 5.34. The number of rotatable bonds is 5. The molecular formula is C24H20BrNO5. The molecule has 2 aromatic carbocycles. The number of hydrogen-bond donors (Lipinski definition) is 0. The lowest BCUT2D eigenvalue weighted by Crippen LogP contribution is -2.32. The van der Waals surface area contributed by atoms with Crippen LogP contribution >= 0.6 is 15.9 Å². The Morgan fingerprint density at radius 2 is 1.42 bits per heavy atom. The van der Waals surface area contributed by atoms with Crippen LogP contribution in [0.2, 0.25) is 0 Å². The van der Waals surface area contributed by atoms with Crippen LogP contribution in [0.5, 0.6) is 0 Å². The van der Waals surface area contributed by atoms with Crippen LogP contribution in [0.4, 0.5) is 5.69 Å². The number of imide groups is 1. The summed E-state index contributed by atoms with van der Waals surface area (Å²) in [4.78, 5) is 51.6. The normalized spacial score (nSPS) is 26.3. The molecule has 0 aromatic heterocycles. The Morgan fingerprint density at radius 3 is 2.00 bits per heavy atom. The second-order valence-electron chi connectivity index (χ2n) is 8.45. The zero-order chi connectivity index (χ0) is 21.7. The third kappa shape index (κ3) is 3.41. The predicted octanol–water partition coefficient (Wildman–Crippen LogP) is 4.02. The van der Waals surface area contributed by atoms with Crippen LogP contribution in [0.1, 0.15) is 40.0 Å². The number of Topliss-reactive ketones (excluding diaryl/α,β-unsaturated/α-hetero) is 1. The maximum Gasteiger partial charge on any atom is 0.338 e. The minimum atomic E-state index is -0.633. The lowest BCUT2D eigenvalue weighted by atomic mass is 9.81. The summed E-state index contributed by atoms with van der Waals surface area (Å²) >= 11 is 3.31. The third-order valence-electron chi connectivity index (χ3n) is 6.79. The average Bonchev–Trinajstić information content (AvgIpc) is 3.46. The Morgan fingerprint density at radius 1 is 0.871 bits per heavy atom. The van der Waals surface area contributed by atoms with Gasteiger partial charge in [0.2, 0.25) is 11.8 Å². The zero-order valence-corrected chi connectivity index (χ0v) is 18.2. The van der Waals surface area contributed by atoms with Crippen molar-refractivity contribution in [1.29, 1.82) is 0 Å². The number of carbonyl (C=O) groups excluding carboxylic acids is 4. The summed E-state index contributed by atoms with van der Waals surface area (Å²) in [5, 5.41) is 0. The molecular weight excluding hydrogens is 462 g/mol. The van der Waals surface area contributed by atoms with Crippen molar-refractivity contribution >= 4 is 45.2 Å². The van der Waals surface area contributed by atoms with E-state index in [1.807, 2.05) is 0 Å². The quantitative estimate of drug-likeness (QED) is 0.365. The standard InChI is InChI=1S/C24H20BrNO5/c25-17-7-3-13(4-8-17)19(27)12-31-24(30)14-5-9-18(10-6-14)26-22(28)20-15-1-2-16(11-15)21(20)23(26)29/h3-10,15-16,20-21H,1-2,11-12H2/t15-,16-,20-,21+/m0/s1. The van der Waals surface area contributed by atoms with Gasteiger partial charge in [-0.05, 0) is 67.5 Å². The molecule has 31 heavy (non-hydrogen) atoms. The summed E-state index contributed by atoms with van der Waals surface area (Å²) in [6.45, 7) is -0.364. The highest BCUT2D eigenvalue weighted by Crippen LogP contribution is 2.56. The van der Waals surface area contributed by atoms with E-state index in [-0.39, 0.29) is 41.6 Å². The predicted molar refractivity (Wildman–Crippen MR) is 116 cm³/mol. The van der Waals surface area contributed by atoms with Crippen molar-refractivity contribution in [3.8, 4) is 0 Å². The molecule has 0 unspecified atom stereocenters. The van der Waals surface area contributed by atoms with Crippen LogP contribution < -0.4 is 4.90 Å². The van der Waals surface area contributed by atoms with E-state index in [1.54, 1.807) is 36.4 Å². The summed E-state index contributed by atoms with van der Waals surface area (Å²) in [5.41, 5.74) is 1.19. The minimum Gasteiger partial charge on any atom is -0.454 e. The molecule has 2 amide bonds. The van der Waals surface area contributed by atoms with Crippen molar-refractivity contribution in [3.05, 3.63) is 64.1 Å². The second kappa shape index (κ2) is 7.71. The van der Waals surface area contributed by atoms with Gasteiger partial charge in [0.15, 0.2) is 12.4 Å². The topological polar surface area (TPSA) is 80.8 Å². The molecule has 1 aliphatic heterocycles. The summed E-state index contributed by atoms with van der Waals surface area (Å²) < 4.78 is 5.99. The summed E-state index contributed by atoms with van der Waals surface area (Å²) in [6, 6.07) is 13.0. The number of benzene rings is 2. The fourth-order valence-corrected chi connectivity index (χ4v) is 5.61. The molecule has 5 rings (SSSR count). The van der Waals surface area contributed by atoms with Crippen molar-refractivity contribution < 1.29 is 23.9 Å². The number of ketones is 1. The van der Waals surface area contributed by atoms with Crippen molar-refractivity contribution in [2.24, 2.45) is 23.7 Å². The molecule has 2 aliphatic carbocycles. The first-order valence-electron chi connectivity index (χ1n) is 10.4. The summed E-state index contributed by atoms with van der Waals surface area (Å²) in [5.74, 6) is -0.864. The van der Waals surface area contributed by atoms with Gasteiger partial charge in [0.1, 0.15) is 0 Å². The van der Waals surface area contributed by atoms with Crippen LogP contribution in [0.3, 0.4) is 0 Å². The lowest BCUT2D eigenvalue weighted by molar-refractivity contribution is -0.123. The van der Waals surface area contributed by atoms with Gasteiger partial charge >= 0.3 is 5.97 Å². The van der Waals surface area contributed by atoms with Gasteiger partial charge in [-0.3, -0.25) is 19.3 Å². The number of esters is 1. The van der Waals surface area contributed by atoms with Gasteiger partial charge in [-0.25, -0.2) is 4.79 Å². The Balaban J connectivity index is 1.24. The second-order valence-corrected chi connectivity index (χ2v) is 9.37. The van der Waals surface area contributed by atoms with Gasteiger partial charge in [0.25, 0.3) is 0 Å². The highest BCUT2D eigenvalue weighted by molar-refractivity contribution is 9.10. The third-order valence-corrected chi connectivity index (χ3v) is 7.32. The highest BCUT2D eigenvalue weighted by atomic mass is 79.9.